The molecule has 12 aromatic rings. The van der Waals surface area contributed by atoms with Crippen molar-refractivity contribution in [3.8, 4) is 68.5 Å². The molecule has 12 N–H and O–H groups in total. The molecule has 18 nitrogen and oxygen atoms in total. The Bertz CT molecular complexity index is 4700. The molecule has 474 valence electrons. The van der Waals surface area contributed by atoms with E-state index in [1.165, 1.54) is 0 Å². The van der Waals surface area contributed by atoms with Gasteiger partial charge in [-0.25, -0.2) is 19.9 Å². The van der Waals surface area contributed by atoms with Crippen molar-refractivity contribution in [2.24, 2.45) is 10.7 Å². The van der Waals surface area contributed by atoms with Crippen LogP contribution in [0.25, 0.3) is 95.4 Å². The molecular weight excluding hydrogens is 1180 g/mol. The van der Waals surface area contributed by atoms with E-state index in [1.807, 2.05) is 161 Å². The van der Waals surface area contributed by atoms with E-state index in [0.717, 1.165) is 143 Å². The number of fused-ring (bicyclic) bond motifs is 4. The molecule has 4 aromatic heterocycles. The molecular formula is C74H78ClN15O3. The molecule has 0 aliphatic carbocycles. The molecule has 12 rings (SSSR count). The fourth-order valence-electron chi connectivity index (χ4n) is 10.9. The Labute approximate surface area is 545 Å². The molecule has 0 fully saturated rings. The van der Waals surface area contributed by atoms with Gasteiger partial charge in [0.05, 0.1) is 61.8 Å². The number of halogens is 1. The van der Waals surface area contributed by atoms with E-state index in [9.17, 15) is 5.11 Å². The smallest absolute Gasteiger partial charge is 0.140 e. The van der Waals surface area contributed by atoms with E-state index in [1.54, 1.807) is 12.1 Å². The van der Waals surface area contributed by atoms with Gasteiger partial charge in [0.2, 0.25) is 0 Å². The lowest BCUT2D eigenvalue weighted by Gasteiger charge is -2.18. The summed E-state index contributed by atoms with van der Waals surface area (Å²) in [4.78, 5) is 37.2. The molecule has 0 amide bonds. The van der Waals surface area contributed by atoms with Gasteiger partial charge in [0, 0.05) is 68.8 Å². The van der Waals surface area contributed by atoms with Gasteiger partial charge in [-0.15, -0.1) is 0 Å². The van der Waals surface area contributed by atoms with E-state index >= 15 is 0 Å². The van der Waals surface area contributed by atoms with Crippen molar-refractivity contribution >= 4 is 78.9 Å². The van der Waals surface area contributed by atoms with Crippen LogP contribution in [0.3, 0.4) is 0 Å². The average molecular weight is 1260 g/mol. The summed E-state index contributed by atoms with van der Waals surface area (Å²) in [5.74, 6) is 6.65. The lowest BCUT2D eigenvalue weighted by atomic mass is 10.1. The highest BCUT2D eigenvalue weighted by Gasteiger charge is 2.18. The lowest BCUT2D eigenvalue weighted by molar-refractivity contribution is 0.282. The van der Waals surface area contributed by atoms with Crippen LogP contribution >= 0.6 is 11.6 Å². The number of nitrogens with one attached hydrogen (secondary N) is 9. The summed E-state index contributed by atoms with van der Waals surface area (Å²) in [5, 5.41) is 37.0. The van der Waals surface area contributed by atoms with Gasteiger partial charge < -0.3 is 56.2 Å². The topological polar surface area (TPSA) is 276 Å². The largest absolute Gasteiger partial charge is 0.457 e. The van der Waals surface area contributed by atoms with E-state index in [0.29, 0.717) is 57.3 Å². The monoisotopic (exact) mass is 1260 g/mol. The molecule has 0 atom stereocenters. The molecule has 0 unspecified atom stereocenters. The zero-order valence-electron chi connectivity index (χ0n) is 53.5. The first-order valence-electron chi connectivity index (χ1n) is 31.5. The third-order valence-electron chi connectivity index (χ3n) is 16.1. The number of imidazole rings is 4. The number of H-pyrrole nitrogens is 4. The van der Waals surface area contributed by atoms with Crippen molar-refractivity contribution in [2.75, 3.05) is 0 Å². The minimum absolute atomic E-state index is 0.155. The number of aliphatic hydroxyl groups is 1. The van der Waals surface area contributed by atoms with Crippen molar-refractivity contribution in [3.63, 3.8) is 0 Å². The van der Waals surface area contributed by atoms with E-state index in [-0.39, 0.29) is 24.7 Å². The highest BCUT2D eigenvalue weighted by atomic mass is 35.5. The maximum absolute atomic E-state index is 10.2. The van der Waals surface area contributed by atoms with E-state index in [2.05, 4.69) is 87.3 Å². The number of aliphatic hydroxyl groups excluding tert-OH is 1. The zero-order valence-corrected chi connectivity index (χ0v) is 54.3. The zero-order chi connectivity index (χ0) is 65.4. The highest BCUT2D eigenvalue weighted by Crippen LogP contribution is 2.36. The van der Waals surface area contributed by atoms with Crippen LogP contribution in [0.2, 0.25) is 5.02 Å². The normalized spacial score (nSPS) is 11.7. The summed E-state index contributed by atoms with van der Waals surface area (Å²) in [6.45, 7) is 20.7. The van der Waals surface area contributed by atoms with Gasteiger partial charge in [-0.2, -0.15) is 0 Å². The molecule has 0 saturated carbocycles. The number of aromatic nitrogens is 8. The second-order valence-corrected chi connectivity index (χ2v) is 24.0. The second-order valence-electron chi connectivity index (χ2n) is 23.6. The Morgan fingerprint density at radius 1 is 0.505 bits per heavy atom. The number of amidine groups is 3. The van der Waals surface area contributed by atoms with E-state index < -0.39 is 0 Å². The van der Waals surface area contributed by atoms with Crippen LogP contribution in [0.5, 0.6) is 23.0 Å². The highest BCUT2D eigenvalue weighted by molar-refractivity contribution is 6.33. The van der Waals surface area contributed by atoms with Crippen LogP contribution in [-0.2, 0) is 6.61 Å². The predicted molar refractivity (Wildman–Crippen MR) is 379 cm³/mol. The fourth-order valence-corrected chi connectivity index (χ4v) is 11.2. The average Bonchev–Trinajstić information content (AvgIpc) is 1.77. The van der Waals surface area contributed by atoms with Crippen LogP contribution in [0.15, 0.2) is 169 Å². The Morgan fingerprint density at radius 2 is 0.903 bits per heavy atom. The van der Waals surface area contributed by atoms with E-state index in [4.69, 9.17) is 57.6 Å². The summed E-state index contributed by atoms with van der Waals surface area (Å²) < 4.78 is 12.3. The predicted octanol–water partition coefficient (Wildman–Crippen LogP) is 16.6. The first kappa shape index (κ1) is 64.0. The van der Waals surface area contributed by atoms with Crippen LogP contribution in [0, 0.1) is 10.8 Å². The first-order valence-corrected chi connectivity index (χ1v) is 31.9. The summed E-state index contributed by atoms with van der Waals surface area (Å²) in [6.07, 6.45) is 4.06. The molecule has 0 radical (unpaired) electrons. The molecule has 19 heteroatoms. The van der Waals surface area contributed by atoms with Gasteiger partial charge >= 0.3 is 0 Å². The minimum Gasteiger partial charge on any atom is -0.457 e. The molecule has 0 saturated heterocycles. The molecule has 93 heavy (non-hydrogen) atoms. The summed E-state index contributed by atoms with van der Waals surface area (Å²) >= 11 is 6.70. The van der Waals surface area contributed by atoms with Crippen LogP contribution in [-0.4, -0.2) is 86.7 Å². The SMILES string of the molecule is C=C(NC(CC)CC)c1ccc2nc(-c3ccc(Oc4ccc(-c5nc6ccc(C(N)=NC(CC)CC)cc6[nH]5)cc4)cc3)[nH]c2c1.CC(C)NC(=N)c1ccc2nc(-c3ccc(Oc4ccc(-c5nc6ccc(C(=N)NC(C)C)cc6[nH]5)c(CO)c4)cc3Cl)[nH]c2c1. The van der Waals surface area contributed by atoms with Crippen LogP contribution in [0.4, 0.5) is 0 Å². The standard InChI is InChI=1S/C39H43N7O.C35H35ClN8O2/c1-6-29(7-2)41-24(5)27-14-20-33-35(22-27)45-38(43-33)25-10-16-31(17-11-25)47-32-18-12-26(13-19-32)39-44-34-21-15-28(23-36(34)46-39)37(40)42-30(8-3)9-4;1-18(2)39-32(37)20-5-11-28-30(14-20)43-34(41-28)25-9-7-23(13-22(25)17-45)46-24-8-10-26(27(36)16-24)35-42-29-12-6-21(15-31(29)44-35)33(38)40-19(3)4/h10-23,29-30,41H,5-9H2,1-4H3,(H2,40,42)(H,43,45)(H,44,46);5-16,18-19,45H,17H2,1-4H3,(H2,37,39)(H2,38,40)(H,41,43)(H,42,44). The molecule has 0 bridgehead atoms. The number of rotatable bonds is 22. The van der Waals surface area contributed by atoms with Gasteiger partial charge in [-0.05, 0) is 210 Å². The van der Waals surface area contributed by atoms with Gasteiger partial charge in [0.1, 0.15) is 63.8 Å². The fraction of sp³-hybridized carbons (Fsp3) is 0.230. The van der Waals surface area contributed by atoms with Gasteiger partial charge in [0.15, 0.2) is 0 Å². The minimum atomic E-state index is -0.210. The van der Waals surface area contributed by atoms with Crippen LogP contribution < -0.4 is 31.2 Å². The Morgan fingerprint density at radius 3 is 1.37 bits per heavy atom. The quantitative estimate of drug-likeness (QED) is 0.0224. The maximum Gasteiger partial charge on any atom is 0.140 e. The number of nitrogens with two attached hydrogens (primary N) is 1. The van der Waals surface area contributed by atoms with Crippen molar-refractivity contribution in [1.29, 1.82) is 10.8 Å². The number of aromatic amines is 4. The summed E-state index contributed by atoms with van der Waals surface area (Å²) in [6, 6.07) is 51.2. The molecule has 0 spiro atoms. The van der Waals surface area contributed by atoms with Gasteiger partial charge in [-0.3, -0.25) is 15.8 Å². The summed E-state index contributed by atoms with van der Waals surface area (Å²) in [7, 11) is 0. The lowest BCUT2D eigenvalue weighted by Crippen LogP contribution is -2.30. The van der Waals surface area contributed by atoms with Crippen molar-refractivity contribution < 1.29 is 14.6 Å². The Hall–Kier alpha value is -10.6. The molecule has 0 aliphatic heterocycles. The number of ether oxygens (including phenoxy) is 2. The molecule has 0 aliphatic rings. The first-order chi connectivity index (χ1) is 44.9. The van der Waals surface area contributed by atoms with Crippen molar-refractivity contribution in [3.05, 3.63) is 197 Å². The van der Waals surface area contributed by atoms with Crippen LogP contribution in [0.1, 0.15) is 109 Å². The number of nitrogens with zero attached hydrogens (tertiary/aromatic N) is 5. The van der Waals surface area contributed by atoms with Crippen molar-refractivity contribution in [2.45, 2.75) is 112 Å². The number of benzene rings is 8. The third-order valence-corrected chi connectivity index (χ3v) is 16.4. The Balaban J connectivity index is 0.000000190. The molecule has 4 heterocycles. The summed E-state index contributed by atoms with van der Waals surface area (Å²) in [5.41, 5.74) is 21.6. The number of aliphatic imine (C=N–C) groups is 1. The maximum atomic E-state index is 10.2. The Kier molecular flexibility index (Phi) is 19.5. The second kappa shape index (κ2) is 28.3. The third kappa shape index (κ3) is 14.9. The molecule has 8 aromatic carbocycles. The van der Waals surface area contributed by atoms with Gasteiger partial charge in [-0.1, -0.05) is 51.9 Å². The van der Waals surface area contributed by atoms with Crippen molar-refractivity contribution in [1.82, 2.24) is 55.8 Å². The van der Waals surface area contributed by atoms with Gasteiger partial charge in [0.25, 0.3) is 0 Å². The number of hydrogen-bond acceptors (Lipinski definition) is 11. The number of hydrogen-bond donors (Lipinski definition) is 11.